The largest absolute Gasteiger partial charge is 0.465 e. The van der Waals surface area contributed by atoms with E-state index in [0.717, 1.165) is 5.56 Å². The molecule has 1 atom stereocenters. The van der Waals surface area contributed by atoms with Crippen molar-refractivity contribution in [2.45, 2.75) is 19.4 Å². The molecule has 2 aromatic rings. The number of carbonyl (C=O) groups excluding carboxylic acids is 2. The molecule has 0 fully saturated rings. The average Bonchev–Trinajstić information content (AvgIpc) is 3.16. The van der Waals surface area contributed by atoms with Crippen LogP contribution in [0.3, 0.4) is 0 Å². The van der Waals surface area contributed by atoms with Crippen LogP contribution in [0, 0.1) is 5.92 Å². The molecule has 0 aromatic heterocycles. The molecule has 1 heterocycles. The molecular formula is C22H23NO5. The van der Waals surface area contributed by atoms with Crippen LogP contribution in [0.2, 0.25) is 0 Å². The number of aliphatic imine (C=N–C) groups is 1. The van der Waals surface area contributed by atoms with E-state index in [1.165, 1.54) is 0 Å². The highest BCUT2D eigenvalue weighted by molar-refractivity contribution is 6.00. The second kappa shape index (κ2) is 8.69. The monoisotopic (exact) mass is 381 g/mol. The van der Waals surface area contributed by atoms with E-state index in [2.05, 4.69) is 4.99 Å². The van der Waals surface area contributed by atoms with Crippen molar-refractivity contribution in [3.05, 3.63) is 71.8 Å². The minimum absolute atomic E-state index is 0.101. The summed E-state index contributed by atoms with van der Waals surface area (Å²) in [4.78, 5) is 30.1. The number of hydrogen-bond acceptors (Lipinski definition) is 6. The summed E-state index contributed by atoms with van der Waals surface area (Å²) in [7, 11) is 0. The summed E-state index contributed by atoms with van der Waals surface area (Å²) in [5.41, 5.74) is 0.104. The molecule has 0 radical (unpaired) electrons. The highest BCUT2D eigenvalue weighted by atomic mass is 16.6. The summed E-state index contributed by atoms with van der Waals surface area (Å²) >= 11 is 0. The summed E-state index contributed by atoms with van der Waals surface area (Å²) in [6, 6.07) is 18.5. The van der Waals surface area contributed by atoms with Gasteiger partial charge < -0.3 is 14.2 Å². The van der Waals surface area contributed by atoms with E-state index in [1.807, 2.05) is 60.7 Å². The molecule has 0 bridgehead atoms. The number of nitrogens with zero attached hydrogens (tertiary/aromatic N) is 1. The maximum absolute atomic E-state index is 12.8. The molecule has 0 N–H and O–H groups in total. The Bertz CT molecular complexity index is 832. The first-order valence-corrected chi connectivity index (χ1v) is 9.30. The number of carbonyl (C=O) groups is 2. The van der Waals surface area contributed by atoms with Gasteiger partial charge in [0.1, 0.15) is 0 Å². The number of ether oxygens (including phenoxy) is 3. The Kier molecular flexibility index (Phi) is 6.09. The van der Waals surface area contributed by atoms with Gasteiger partial charge in [-0.05, 0) is 31.5 Å². The van der Waals surface area contributed by atoms with Crippen LogP contribution in [0.1, 0.15) is 25.0 Å². The average molecular weight is 381 g/mol. The van der Waals surface area contributed by atoms with Gasteiger partial charge in [0.05, 0.1) is 19.8 Å². The zero-order valence-corrected chi connectivity index (χ0v) is 16.0. The molecule has 146 valence electrons. The first-order chi connectivity index (χ1) is 13.6. The molecule has 1 aliphatic heterocycles. The second-order valence-electron chi connectivity index (χ2n) is 6.28. The lowest BCUT2D eigenvalue weighted by atomic mass is 9.81. The van der Waals surface area contributed by atoms with E-state index in [-0.39, 0.29) is 19.8 Å². The van der Waals surface area contributed by atoms with E-state index in [0.29, 0.717) is 11.5 Å². The summed E-state index contributed by atoms with van der Waals surface area (Å²) in [6.07, 6.45) is 0. The minimum Gasteiger partial charge on any atom is -0.465 e. The fourth-order valence-corrected chi connectivity index (χ4v) is 3.27. The Morgan fingerprint density at radius 2 is 1.50 bits per heavy atom. The van der Waals surface area contributed by atoms with Crippen molar-refractivity contribution in [2.75, 3.05) is 19.8 Å². The number of rotatable bonds is 7. The maximum atomic E-state index is 12.8. The Morgan fingerprint density at radius 1 is 0.964 bits per heavy atom. The van der Waals surface area contributed by atoms with Gasteiger partial charge in [-0.15, -0.1) is 0 Å². The molecular weight excluding hydrogens is 358 g/mol. The zero-order chi connectivity index (χ0) is 20.0. The summed E-state index contributed by atoms with van der Waals surface area (Å²) in [6.45, 7) is 3.77. The van der Waals surface area contributed by atoms with Crippen molar-refractivity contribution >= 4 is 17.8 Å². The highest BCUT2D eigenvalue weighted by Crippen LogP contribution is 2.40. The molecule has 0 amide bonds. The lowest BCUT2D eigenvalue weighted by Gasteiger charge is -2.33. The van der Waals surface area contributed by atoms with Crippen LogP contribution in [0.4, 0.5) is 0 Å². The van der Waals surface area contributed by atoms with Crippen LogP contribution >= 0.6 is 0 Å². The molecule has 28 heavy (non-hydrogen) atoms. The second-order valence-corrected chi connectivity index (χ2v) is 6.28. The van der Waals surface area contributed by atoms with Crippen LogP contribution in [0.25, 0.3) is 0 Å². The molecule has 1 unspecified atom stereocenters. The third-order valence-electron chi connectivity index (χ3n) is 4.53. The SMILES string of the molecule is CCOC(=O)C(C(=O)OCC)C1(c2ccccc2)CN=C(c2ccccc2)O1. The van der Waals surface area contributed by atoms with Gasteiger partial charge in [-0.2, -0.15) is 0 Å². The number of benzene rings is 2. The Balaban J connectivity index is 2.06. The fraction of sp³-hybridized carbons (Fsp3) is 0.318. The van der Waals surface area contributed by atoms with Gasteiger partial charge in [0.25, 0.3) is 0 Å². The highest BCUT2D eigenvalue weighted by Gasteiger charge is 2.56. The smallest absolute Gasteiger partial charge is 0.324 e. The predicted octanol–water partition coefficient (Wildman–Crippen LogP) is 3.10. The van der Waals surface area contributed by atoms with Crippen molar-refractivity contribution in [1.29, 1.82) is 0 Å². The van der Waals surface area contributed by atoms with Crippen LogP contribution in [0.15, 0.2) is 65.7 Å². The topological polar surface area (TPSA) is 74.2 Å². The normalized spacial score (nSPS) is 18.3. The van der Waals surface area contributed by atoms with Crippen LogP contribution < -0.4 is 0 Å². The van der Waals surface area contributed by atoms with Crippen molar-refractivity contribution in [2.24, 2.45) is 10.9 Å². The van der Waals surface area contributed by atoms with Gasteiger partial charge in [-0.25, -0.2) is 4.99 Å². The van der Waals surface area contributed by atoms with Gasteiger partial charge >= 0.3 is 11.9 Å². The number of esters is 2. The van der Waals surface area contributed by atoms with E-state index < -0.39 is 23.5 Å². The predicted molar refractivity (Wildman–Crippen MR) is 104 cm³/mol. The van der Waals surface area contributed by atoms with Gasteiger partial charge in [0.15, 0.2) is 11.5 Å². The Hall–Kier alpha value is -3.15. The zero-order valence-electron chi connectivity index (χ0n) is 16.0. The van der Waals surface area contributed by atoms with Crippen LogP contribution in [0.5, 0.6) is 0 Å². The van der Waals surface area contributed by atoms with E-state index >= 15 is 0 Å². The van der Waals surface area contributed by atoms with Crippen molar-refractivity contribution in [1.82, 2.24) is 0 Å². The molecule has 1 aliphatic rings. The molecule has 0 saturated carbocycles. The standard InChI is InChI=1S/C22H23NO5/c1-3-26-20(24)18(21(25)27-4-2)22(17-13-9-6-10-14-17)15-23-19(28-22)16-11-7-5-8-12-16/h5-14,18H,3-4,15H2,1-2H3. The molecule has 0 aliphatic carbocycles. The summed E-state index contributed by atoms with van der Waals surface area (Å²) in [5.74, 6) is -2.29. The summed E-state index contributed by atoms with van der Waals surface area (Å²) < 4.78 is 16.7. The molecule has 0 spiro atoms. The number of hydrogen-bond donors (Lipinski definition) is 0. The van der Waals surface area contributed by atoms with Gasteiger partial charge in [-0.1, -0.05) is 48.5 Å². The first-order valence-electron chi connectivity index (χ1n) is 9.30. The van der Waals surface area contributed by atoms with Gasteiger partial charge in [0, 0.05) is 5.56 Å². The lowest BCUT2D eigenvalue weighted by Crippen LogP contribution is -2.48. The first kappa shape index (κ1) is 19.6. The molecule has 2 aromatic carbocycles. The quantitative estimate of drug-likeness (QED) is 0.544. The Morgan fingerprint density at radius 3 is 2.04 bits per heavy atom. The van der Waals surface area contributed by atoms with Crippen molar-refractivity contribution in [3.63, 3.8) is 0 Å². The maximum Gasteiger partial charge on any atom is 0.324 e. The third kappa shape index (κ3) is 3.76. The molecule has 3 rings (SSSR count). The molecule has 6 heteroatoms. The van der Waals surface area contributed by atoms with E-state index in [4.69, 9.17) is 14.2 Å². The third-order valence-corrected chi connectivity index (χ3v) is 4.53. The summed E-state index contributed by atoms with van der Waals surface area (Å²) in [5, 5.41) is 0. The fourth-order valence-electron chi connectivity index (χ4n) is 3.27. The van der Waals surface area contributed by atoms with E-state index in [1.54, 1.807) is 13.8 Å². The van der Waals surface area contributed by atoms with Gasteiger partial charge in [-0.3, -0.25) is 9.59 Å². The minimum atomic E-state index is -1.33. The van der Waals surface area contributed by atoms with Gasteiger partial charge in [0.2, 0.25) is 5.90 Å². The van der Waals surface area contributed by atoms with Crippen LogP contribution in [-0.4, -0.2) is 37.6 Å². The molecule has 0 saturated heterocycles. The Labute approximate surface area is 164 Å². The van der Waals surface area contributed by atoms with E-state index in [9.17, 15) is 9.59 Å². The lowest BCUT2D eigenvalue weighted by molar-refractivity contribution is -0.172. The van der Waals surface area contributed by atoms with Crippen LogP contribution in [-0.2, 0) is 29.4 Å². The van der Waals surface area contributed by atoms with Crippen molar-refractivity contribution < 1.29 is 23.8 Å². The molecule has 6 nitrogen and oxygen atoms in total. The van der Waals surface area contributed by atoms with Crippen molar-refractivity contribution in [3.8, 4) is 0 Å².